The summed E-state index contributed by atoms with van der Waals surface area (Å²) in [6, 6.07) is 11.8. The van der Waals surface area contributed by atoms with Crippen molar-refractivity contribution in [3.8, 4) is 5.75 Å². The van der Waals surface area contributed by atoms with E-state index < -0.39 is 5.82 Å². The summed E-state index contributed by atoms with van der Waals surface area (Å²) in [6.45, 7) is 2.15. The normalized spacial score (nSPS) is 10.7. The third-order valence-electron chi connectivity index (χ3n) is 3.23. The molecule has 0 unspecified atom stereocenters. The lowest BCUT2D eigenvalue weighted by atomic mass is 10.2. The summed E-state index contributed by atoms with van der Waals surface area (Å²) in [4.78, 5) is 12.8. The largest absolute Gasteiger partial charge is 0.491 e. The van der Waals surface area contributed by atoms with Crippen LogP contribution in [0.4, 0.5) is 10.1 Å². The molecule has 0 aliphatic heterocycles. The Bertz CT molecular complexity index is 878. The van der Waals surface area contributed by atoms with Gasteiger partial charge in [-0.3, -0.25) is 4.79 Å². The van der Waals surface area contributed by atoms with Crippen molar-refractivity contribution in [1.29, 1.82) is 0 Å². The lowest BCUT2D eigenvalue weighted by Gasteiger charge is -2.08. The van der Waals surface area contributed by atoms with Crippen molar-refractivity contribution in [1.82, 2.24) is 0 Å². The Morgan fingerprint density at radius 1 is 1.30 bits per heavy atom. The number of anilines is 1. The van der Waals surface area contributed by atoms with Crippen molar-refractivity contribution >= 4 is 44.6 Å². The van der Waals surface area contributed by atoms with Crippen LogP contribution in [0.3, 0.4) is 0 Å². The van der Waals surface area contributed by atoms with E-state index in [9.17, 15) is 9.18 Å². The van der Waals surface area contributed by atoms with Crippen molar-refractivity contribution in [3.05, 3.63) is 58.2 Å². The maximum absolute atomic E-state index is 13.8. The summed E-state index contributed by atoms with van der Waals surface area (Å²) < 4.78 is 19.9. The molecule has 23 heavy (non-hydrogen) atoms. The van der Waals surface area contributed by atoms with E-state index in [-0.39, 0.29) is 11.7 Å². The average Bonchev–Trinajstić information content (AvgIpc) is 2.88. The van der Waals surface area contributed by atoms with Crippen LogP contribution in [-0.2, 0) is 0 Å². The lowest BCUT2D eigenvalue weighted by Crippen LogP contribution is -2.11. The van der Waals surface area contributed by atoms with Crippen molar-refractivity contribution in [2.75, 3.05) is 11.9 Å². The molecule has 0 bridgehead atoms. The van der Waals surface area contributed by atoms with Gasteiger partial charge >= 0.3 is 0 Å². The molecule has 0 atom stereocenters. The number of thiophene rings is 1. The first-order chi connectivity index (χ1) is 11.1. The Kier molecular flexibility index (Phi) is 4.50. The monoisotopic (exact) mass is 349 g/mol. The molecule has 0 spiro atoms. The number of hydrogen-bond acceptors (Lipinski definition) is 3. The molecule has 118 valence electrons. The second-order valence-corrected chi connectivity index (χ2v) is 6.20. The van der Waals surface area contributed by atoms with E-state index in [2.05, 4.69) is 5.32 Å². The highest BCUT2D eigenvalue weighted by Crippen LogP contribution is 2.35. The maximum Gasteiger partial charge on any atom is 0.267 e. The van der Waals surface area contributed by atoms with Crippen LogP contribution in [0.1, 0.15) is 16.6 Å². The van der Waals surface area contributed by atoms with Gasteiger partial charge in [-0.05, 0) is 25.1 Å². The van der Waals surface area contributed by atoms with E-state index in [1.54, 1.807) is 13.0 Å². The summed E-state index contributed by atoms with van der Waals surface area (Å²) >= 11 is 7.58. The molecule has 1 heterocycles. The third-order valence-corrected chi connectivity index (χ3v) is 4.90. The fourth-order valence-corrected chi connectivity index (χ4v) is 3.61. The third kappa shape index (κ3) is 3.16. The molecule has 0 aliphatic carbocycles. The van der Waals surface area contributed by atoms with Crippen LogP contribution < -0.4 is 10.1 Å². The van der Waals surface area contributed by atoms with Crippen LogP contribution in [0, 0.1) is 5.82 Å². The molecule has 6 heteroatoms. The standard InChI is InChI=1S/C17H13ClFNO2S/c1-2-22-13-8-7-10(9-12(13)19)20-17(21)16-15(18)11-5-3-4-6-14(11)23-16/h3-9H,2H2,1H3,(H,20,21). The van der Waals surface area contributed by atoms with Gasteiger partial charge in [0.25, 0.3) is 5.91 Å². The molecule has 0 fully saturated rings. The number of carbonyl (C=O) groups is 1. The minimum absolute atomic E-state index is 0.158. The van der Waals surface area contributed by atoms with Crippen molar-refractivity contribution in [3.63, 3.8) is 0 Å². The highest BCUT2D eigenvalue weighted by atomic mass is 35.5. The van der Waals surface area contributed by atoms with Gasteiger partial charge in [-0.2, -0.15) is 0 Å². The van der Waals surface area contributed by atoms with E-state index >= 15 is 0 Å². The van der Waals surface area contributed by atoms with E-state index in [0.717, 1.165) is 10.1 Å². The molecule has 3 aromatic rings. The van der Waals surface area contributed by atoms with Crippen LogP contribution in [0.2, 0.25) is 5.02 Å². The van der Waals surface area contributed by atoms with Crippen molar-refractivity contribution in [2.45, 2.75) is 6.92 Å². The first-order valence-corrected chi connectivity index (χ1v) is 8.20. The molecule has 1 aromatic heterocycles. The van der Waals surface area contributed by atoms with E-state index in [4.69, 9.17) is 16.3 Å². The number of rotatable bonds is 4. The summed E-state index contributed by atoms with van der Waals surface area (Å²) in [5, 5.41) is 3.91. The molecule has 1 amide bonds. The minimum Gasteiger partial charge on any atom is -0.491 e. The van der Waals surface area contributed by atoms with Crippen molar-refractivity contribution in [2.24, 2.45) is 0 Å². The molecule has 3 nitrogen and oxygen atoms in total. The van der Waals surface area contributed by atoms with Gasteiger partial charge in [-0.1, -0.05) is 29.8 Å². The summed E-state index contributed by atoms with van der Waals surface area (Å²) in [5.41, 5.74) is 0.351. The van der Waals surface area contributed by atoms with Crippen LogP contribution in [0.25, 0.3) is 10.1 Å². The van der Waals surface area contributed by atoms with E-state index in [1.807, 2.05) is 24.3 Å². The predicted molar refractivity (Wildman–Crippen MR) is 92.4 cm³/mol. The zero-order valence-corrected chi connectivity index (χ0v) is 13.8. The van der Waals surface area contributed by atoms with Crippen LogP contribution in [0.5, 0.6) is 5.75 Å². The Labute approximate surface area is 141 Å². The Morgan fingerprint density at radius 2 is 2.09 bits per heavy atom. The molecule has 1 N–H and O–H groups in total. The molecule has 0 saturated heterocycles. The van der Waals surface area contributed by atoms with Gasteiger partial charge in [0.1, 0.15) is 4.88 Å². The zero-order chi connectivity index (χ0) is 16.4. The second-order valence-electron chi connectivity index (χ2n) is 4.77. The molecule has 0 radical (unpaired) electrons. The minimum atomic E-state index is -0.521. The molecular formula is C17H13ClFNO2S. The molecule has 2 aromatic carbocycles. The average molecular weight is 350 g/mol. The number of hydrogen-bond donors (Lipinski definition) is 1. The topological polar surface area (TPSA) is 38.3 Å². The number of halogens is 2. The smallest absolute Gasteiger partial charge is 0.267 e. The lowest BCUT2D eigenvalue weighted by molar-refractivity contribution is 0.103. The predicted octanol–water partition coefficient (Wildman–Crippen LogP) is 5.34. The van der Waals surface area contributed by atoms with Crippen LogP contribution in [-0.4, -0.2) is 12.5 Å². The highest BCUT2D eigenvalue weighted by molar-refractivity contribution is 7.21. The first-order valence-electron chi connectivity index (χ1n) is 7.01. The number of benzene rings is 2. The molecular weight excluding hydrogens is 337 g/mol. The highest BCUT2D eigenvalue weighted by Gasteiger charge is 2.17. The maximum atomic E-state index is 13.8. The van der Waals surface area contributed by atoms with E-state index in [1.165, 1.54) is 23.5 Å². The van der Waals surface area contributed by atoms with Gasteiger partial charge in [0, 0.05) is 21.8 Å². The number of amides is 1. The Morgan fingerprint density at radius 3 is 2.78 bits per heavy atom. The fourth-order valence-electron chi connectivity index (χ4n) is 2.20. The van der Waals surface area contributed by atoms with Crippen LogP contribution in [0.15, 0.2) is 42.5 Å². The number of fused-ring (bicyclic) bond motifs is 1. The van der Waals surface area contributed by atoms with Gasteiger partial charge in [0.15, 0.2) is 11.6 Å². The number of carbonyl (C=O) groups excluding carboxylic acids is 1. The molecule has 0 saturated carbocycles. The number of ether oxygens (including phenoxy) is 1. The zero-order valence-electron chi connectivity index (χ0n) is 12.2. The second kappa shape index (κ2) is 6.56. The van der Waals surface area contributed by atoms with Gasteiger partial charge in [-0.25, -0.2) is 4.39 Å². The van der Waals surface area contributed by atoms with Gasteiger partial charge in [0.05, 0.1) is 11.6 Å². The Balaban J connectivity index is 1.86. The van der Waals surface area contributed by atoms with Crippen molar-refractivity contribution < 1.29 is 13.9 Å². The van der Waals surface area contributed by atoms with E-state index in [0.29, 0.717) is 22.2 Å². The quantitative estimate of drug-likeness (QED) is 0.690. The molecule has 0 aliphatic rings. The van der Waals surface area contributed by atoms with Crippen LogP contribution >= 0.6 is 22.9 Å². The van der Waals surface area contributed by atoms with Gasteiger partial charge in [-0.15, -0.1) is 11.3 Å². The summed E-state index contributed by atoms with van der Waals surface area (Å²) in [5.74, 6) is -0.725. The molecule has 3 rings (SSSR count). The van der Waals surface area contributed by atoms with Gasteiger partial charge in [0.2, 0.25) is 0 Å². The van der Waals surface area contributed by atoms with Gasteiger partial charge < -0.3 is 10.1 Å². The summed E-state index contributed by atoms with van der Waals surface area (Å²) in [7, 11) is 0. The first kappa shape index (κ1) is 15.8. The summed E-state index contributed by atoms with van der Waals surface area (Å²) in [6.07, 6.45) is 0. The number of nitrogens with one attached hydrogen (secondary N) is 1. The SMILES string of the molecule is CCOc1ccc(NC(=O)c2sc3ccccc3c2Cl)cc1F. The fraction of sp³-hybridized carbons (Fsp3) is 0.118. The Hall–Kier alpha value is -2.11.